The van der Waals surface area contributed by atoms with Gasteiger partial charge in [0, 0.05) is 49.8 Å². The van der Waals surface area contributed by atoms with Crippen LogP contribution in [-0.4, -0.2) is 49.1 Å². The molecule has 1 saturated carbocycles. The Morgan fingerprint density at radius 3 is 2.54 bits per heavy atom. The van der Waals surface area contributed by atoms with Gasteiger partial charge in [-0.05, 0) is 43.4 Å². The molecule has 0 spiro atoms. The lowest BCUT2D eigenvalue weighted by atomic mass is 9.84. The van der Waals surface area contributed by atoms with Crippen molar-refractivity contribution in [3.8, 4) is 11.8 Å². The largest absolute Gasteiger partial charge is 0.365 e. The van der Waals surface area contributed by atoms with Crippen LogP contribution in [0.4, 0.5) is 5.82 Å². The lowest BCUT2D eigenvalue weighted by Gasteiger charge is -2.40. The normalized spacial score (nSPS) is 17.6. The van der Waals surface area contributed by atoms with Gasteiger partial charge in [0.1, 0.15) is 5.56 Å². The van der Waals surface area contributed by atoms with Gasteiger partial charge in [-0.1, -0.05) is 12.1 Å². The van der Waals surface area contributed by atoms with Gasteiger partial charge < -0.3 is 15.6 Å². The van der Waals surface area contributed by atoms with E-state index in [1.165, 1.54) is 5.56 Å². The number of rotatable bonds is 8. The molecule has 2 amide bonds. The predicted octanol–water partition coefficient (Wildman–Crippen LogP) is 2.42. The zero-order valence-corrected chi connectivity index (χ0v) is 19.4. The molecule has 0 radical (unpaired) electrons. The van der Waals surface area contributed by atoms with Crippen LogP contribution in [-0.2, 0) is 16.9 Å². The summed E-state index contributed by atoms with van der Waals surface area (Å²) in [4.78, 5) is 30.8. The van der Waals surface area contributed by atoms with Crippen molar-refractivity contribution in [2.45, 2.75) is 44.2 Å². The fourth-order valence-electron chi connectivity index (χ4n) is 4.66. The Morgan fingerprint density at radius 2 is 1.94 bits per heavy atom. The molecular weight excluding hydrogens is 444 g/mol. The highest BCUT2D eigenvalue weighted by molar-refractivity contribution is 6.02. The van der Waals surface area contributed by atoms with Gasteiger partial charge in [0.05, 0.1) is 24.4 Å². The standard InChI is InChI=1S/C25H28N8O2/c26-10-7-25(33-16-21(22(27)34)23(30-33)29-24(35)19-3-4-19)8-12-31(13-9-25)15-18-1-5-20(6-2-18)32-14-11-28-17-32/h1-2,5-6,11,14,16-17,19H,3-4,7-9,12-13,15H2,(H2,27,34)(H,29,30,35). The predicted molar refractivity (Wildman–Crippen MR) is 128 cm³/mol. The van der Waals surface area contributed by atoms with Crippen molar-refractivity contribution in [2.24, 2.45) is 11.7 Å². The third-order valence-electron chi connectivity index (χ3n) is 7.00. The first-order chi connectivity index (χ1) is 17.0. The Morgan fingerprint density at radius 1 is 1.20 bits per heavy atom. The summed E-state index contributed by atoms with van der Waals surface area (Å²) in [5.41, 5.74) is 7.47. The Kier molecular flexibility index (Phi) is 6.09. The minimum atomic E-state index is -0.647. The number of nitrogens with zero attached hydrogens (tertiary/aromatic N) is 6. The highest BCUT2D eigenvalue weighted by Crippen LogP contribution is 2.36. The molecule has 10 nitrogen and oxygen atoms in total. The average Bonchev–Trinajstić information content (AvgIpc) is 3.39. The summed E-state index contributed by atoms with van der Waals surface area (Å²) in [7, 11) is 0. The maximum absolute atomic E-state index is 12.3. The molecule has 1 aliphatic carbocycles. The van der Waals surface area contributed by atoms with Gasteiger partial charge in [0.25, 0.3) is 5.91 Å². The van der Waals surface area contributed by atoms with E-state index in [0.717, 1.165) is 38.2 Å². The number of hydrogen-bond acceptors (Lipinski definition) is 6. The van der Waals surface area contributed by atoms with Gasteiger partial charge in [-0.25, -0.2) is 4.98 Å². The number of likely N-dealkylation sites (tertiary alicyclic amines) is 1. The van der Waals surface area contributed by atoms with Gasteiger partial charge in [0.15, 0.2) is 5.82 Å². The molecule has 1 aliphatic heterocycles. The maximum Gasteiger partial charge on any atom is 0.254 e. The average molecular weight is 473 g/mol. The molecule has 10 heteroatoms. The Labute approximate surface area is 203 Å². The fraction of sp³-hybridized carbons (Fsp3) is 0.400. The van der Waals surface area contributed by atoms with Gasteiger partial charge in [-0.2, -0.15) is 10.4 Å². The van der Waals surface area contributed by atoms with E-state index in [1.54, 1.807) is 23.4 Å². The van der Waals surface area contributed by atoms with Gasteiger partial charge >= 0.3 is 0 Å². The fourth-order valence-corrected chi connectivity index (χ4v) is 4.66. The molecule has 2 aliphatic rings. The van der Waals surface area contributed by atoms with E-state index in [1.807, 2.05) is 10.8 Å². The van der Waals surface area contributed by atoms with Crippen LogP contribution in [0.2, 0.25) is 0 Å². The summed E-state index contributed by atoms with van der Waals surface area (Å²) in [5.74, 6) is -0.620. The molecule has 0 atom stereocenters. The van der Waals surface area contributed by atoms with Crippen LogP contribution in [0.1, 0.15) is 48.0 Å². The molecule has 0 bridgehead atoms. The quantitative estimate of drug-likeness (QED) is 0.517. The number of nitrogens with two attached hydrogens (primary N) is 1. The highest BCUT2D eigenvalue weighted by Gasteiger charge is 2.39. The van der Waals surface area contributed by atoms with Crippen LogP contribution < -0.4 is 11.1 Å². The molecule has 3 N–H and O–H groups in total. The molecule has 3 heterocycles. The number of imidazole rings is 1. The van der Waals surface area contributed by atoms with E-state index in [2.05, 4.69) is 50.6 Å². The lowest BCUT2D eigenvalue weighted by molar-refractivity contribution is -0.117. The SMILES string of the molecule is N#CCC1(n2cc(C(N)=O)c(NC(=O)C3CC3)n2)CCN(Cc2ccc(-n3ccnc3)cc2)CC1. The first-order valence-corrected chi connectivity index (χ1v) is 11.8. The van der Waals surface area contributed by atoms with Crippen LogP contribution >= 0.6 is 0 Å². The number of anilines is 1. The zero-order valence-electron chi connectivity index (χ0n) is 19.4. The maximum atomic E-state index is 12.3. The topological polar surface area (TPSA) is 135 Å². The highest BCUT2D eigenvalue weighted by atomic mass is 16.2. The van der Waals surface area contributed by atoms with Crippen molar-refractivity contribution in [1.29, 1.82) is 5.26 Å². The Balaban J connectivity index is 1.28. The van der Waals surface area contributed by atoms with E-state index >= 15 is 0 Å². The zero-order chi connectivity index (χ0) is 24.4. The first kappa shape index (κ1) is 22.8. The van der Waals surface area contributed by atoms with Crippen molar-refractivity contribution in [1.82, 2.24) is 24.2 Å². The van der Waals surface area contributed by atoms with E-state index < -0.39 is 11.4 Å². The summed E-state index contributed by atoms with van der Waals surface area (Å²) in [6.45, 7) is 2.36. The summed E-state index contributed by atoms with van der Waals surface area (Å²) < 4.78 is 3.66. The van der Waals surface area contributed by atoms with Gasteiger partial charge in [-0.15, -0.1) is 0 Å². The summed E-state index contributed by atoms with van der Waals surface area (Å²) >= 11 is 0. The van der Waals surface area contributed by atoms with E-state index in [-0.39, 0.29) is 29.6 Å². The van der Waals surface area contributed by atoms with Gasteiger partial charge in [0.2, 0.25) is 5.91 Å². The van der Waals surface area contributed by atoms with Crippen LogP contribution in [0.25, 0.3) is 5.69 Å². The van der Waals surface area contributed by atoms with E-state index in [9.17, 15) is 14.9 Å². The third-order valence-corrected chi connectivity index (χ3v) is 7.00. The van der Waals surface area contributed by atoms with Crippen LogP contribution in [0.15, 0.2) is 49.2 Å². The molecule has 180 valence electrons. The molecule has 3 aromatic rings. The molecule has 1 aromatic carbocycles. The van der Waals surface area contributed by atoms with Crippen molar-refractivity contribution in [3.05, 3.63) is 60.3 Å². The molecule has 1 saturated heterocycles. The lowest BCUT2D eigenvalue weighted by Crippen LogP contribution is -2.46. The van der Waals surface area contributed by atoms with E-state index in [0.29, 0.717) is 12.8 Å². The van der Waals surface area contributed by atoms with Crippen molar-refractivity contribution < 1.29 is 9.59 Å². The number of nitrogens with one attached hydrogen (secondary N) is 1. The Hall–Kier alpha value is -3.97. The monoisotopic (exact) mass is 472 g/mol. The summed E-state index contributed by atoms with van der Waals surface area (Å²) in [5, 5.41) is 16.9. The van der Waals surface area contributed by atoms with Crippen molar-refractivity contribution in [2.75, 3.05) is 18.4 Å². The number of carbonyl (C=O) groups is 2. The minimum absolute atomic E-state index is 0.0220. The molecule has 2 aromatic heterocycles. The second-order valence-electron chi connectivity index (χ2n) is 9.44. The second-order valence-corrected chi connectivity index (χ2v) is 9.44. The third kappa shape index (κ3) is 4.81. The van der Waals surface area contributed by atoms with Crippen molar-refractivity contribution >= 4 is 17.6 Å². The number of carbonyl (C=O) groups excluding carboxylic acids is 2. The molecule has 0 unspecified atom stereocenters. The van der Waals surface area contributed by atoms with Crippen LogP contribution in [0, 0.1) is 17.2 Å². The smallest absolute Gasteiger partial charge is 0.254 e. The number of benzene rings is 1. The molecule has 5 rings (SSSR count). The second kappa shape index (κ2) is 9.35. The number of hydrogen-bond donors (Lipinski definition) is 2. The van der Waals surface area contributed by atoms with E-state index in [4.69, 9.17) is 5.73 Å². The van der Waals surface area contributed by atoms with Crippen LogP contribution in [0.3, 0.4) is 0 Å². The summed E-state index contributed by atoms with van der Waals surface area (Å²) in [6, 6.07) is 10.7. The first-order valence-electron chi connectivity index (χ1n) is 11.8. The Bertz CT molecular complexity index is 1240. The molecular formula is C25H28N8O2. The van der Waals surface area contributed by atoms with Crippen molar-refractivity contribution in [3.63, 3.8) is 0 Å². The van der Waals surface area contributed by atoms with Gasteiger partial charge in [-0.3, -0.25) is 19.2 Å². The van der Waals surface area contributed by atoms with Crippen LogP contribution in [0.5, 0.6) is 0 Å². The number of amides is 2. The molecule has 2 fully saturated rings. The number of nitriles is 1. The number of primary amides is 1. The number of piperidine rings is 1. The minimum Gasteiger partial charge on any atom is -0.365 e. The molecule has 35 heavy (non-hydrogen) atoms. The number of aromatic nitrogens is 4. The summed E-state index contributed by atoms with van der Waals surface area (Å²) in [6.07, 6.45) is 10.4.